The van der Waals surface area contributed by atoms with Gasteiger partial charge in [-0.1, -0.05) is 6.07 Å². The Morgan fingerprint density at radius 1 is 1.22 bits per heavy atom. The van der Waals surface area contributed by atoms with Gasteiger partial charge in [0, 0.05) is 25.0 Å². The number of rotatable bonds is 4. The summed E-state index contributed by atoms with van der Waals surface area (Å²) in [5.74, 6) is -0.189. The van der Waals surface area contributed by atoms with Crippen molar-refractivity contribution in [1.29, 1.82) is 0 Å². The van der Waals surface area contributed by atoms with Crippen LogP contribution in [-0.4, -0.2) is 54.9 Å². The van der Waals surface area contributed by atoms with E-state index in [0.717, 1.165) is 0 Å². The van der Waals surface area contributed by atoms with Crippen molar-refractivity contribution in [3.05, 3.63) is 60.4 Å². The van der Waals surface area contributed by atoms with Crippen molar-refractivity contribution >= 4 is 17.4 Å². The van der Waals surface area contributed by atoms with Crippen LogP contribution in [0, 0.1) is 6.92 Å². The second kappa shape index (κ2) is 6.71. The SMILES string of the molecule is Cc1nc(C(=O)N2C[C@@H](Oc3ccncc3)C[C@H]2C(=O)O)c2ccccn12. The number of hydrogen-bond donors (Lipinski definition) is 1. The van der Waals surface area contributed by atoms with Crippen molar-refractivity contribution in [3.8, 4) is 5.75 Å². The van der Waals surface area contributed by atoms with Crippen molar-refractivity contribution in [2.75, 3.05) is 6.54 Å². The molecule has 0 bridgehead atoms. The van der Waals surface area contributed by atoms with Crippen LogP contribution in [0.15, 0.2) is 48.9 Å². The number of likely N-dealkylation sites (tertiary alicyclic amines) is 1. The molecular formula is C19H18N4O4. The van der Waals surface area contributed by atoms with E-state index in [1.165, 1.54) is 4.90 Å². The van der Waals surface area contributed by atoms with Gasteiger partial charge in [-0.3, -0.25) is 9.78 Å². The molecule has 4 heterocycles. The van der Waals surface area contributed by atoms with Crippen molar-refractivity contribution in [2.45, 2.75) is 25.5 Å². The largest absolute Gasteiger partial charge is 0.488 e. The molecule has 1 N–H and O–H groups in total. The fourth-order valence-corrected chi connectivity index (χ4v) is 3.44. The van der Waals surface area contributed by atoms with Crippen LogP contribution < -0.4 is 4.74 Å². The fourth-order valence-electron chi connectivity index (χ4n) is 3.44. The highest BCUT2D eigenvalue weighted by atomic mass is 16.5. The predicted molar refractivity (Wildman–Crippen MR) is 95.7 cm³/mol. The Bertz CT molecular complexity index is 1000. The van der Waals surface area contributed by atoms with Crippen LogP contribution in [0.5, 0.6) is 5.75 Å². The monoisotopic (exact) mass is 366 g/mol. The van der Waals surface area contributed by atoms with Gasteiger partial charge in [-0.15, -0.1) is 0 Å². The van der Waals surface area contributed by atoms with Crippen LogP contribution in [0.3, 0.4) is 0 Å². The third-order valence-corrected chi connectivity index (χ3v) is 4.69. The molecule has 0 saturated carbocycles. The maximum Gasteiger partial charge on any atom is 0.326 e. The molecule has 138 valence electrons. The first kappa shape index (κ1) is 17.0. The van der Waals surface area contributed by atoms with Crippen LogP contribution in [-0.2, 0) is 4.79 Å². The standard InChI is InChI=1S/C19H18N4O4/c1-12-21-17(15-4-2-3-9-22(12)15)18(24)23-11-14(10-16(23)19(25)26)27-13-5-7-20-8-6-13/h2-9,14,16H,10-11H2,1H3,(H,25,26)/t14-,16-/m0/s1. The molecule has 0 aliphatic carbocycles. The number of carboxylic acid groups (broad SMARTS) is 1. The number of aryl methyl sites for hydroxylation is 1. The zero-order chi connectivity index (χ0) is 19.0. The molecule has 0 aromatic carbocycles. The van der Waals surface area contributed by atoms with Crippen LogP contribution in [0.4, 0.5) is 0 Å². The summed E-state index contributed by atoms with van der Waals surface area (Å²) in [6, 6.07) is 7.92. The maximum atomic E-state index is 13.1. The number of carboxylic acids is 1. The predicted octanol–water partition coefficient (Wildman–Crippen LogP) is 1.78. The van der Waals surface area contributed by atoms with Crippen molar-refractivity contribution in [2.24, 2.45) is 0 Å². The number of pyridine rings is 2. The average molecular weight is 366 g/mol. The normalized spacial score (nSPS) is 19.4. The smallest absolute Gasteiger partial charge is 0.326 e. The molecule has 4 rings (SSSR count). The highest BCUT2D eigenvalue weighted by molar-refractivity contribution is 6.01. The fraction of sp³-hybridized carbons (Fsp3) is 0.263. The van der Waals surface area contributed by atoms with Gasteiger partial charge in [0.1, 0.15) is 23.7 Å². The van der Waals surface area contributed by atoms with Crippen molar-refractivity contribution in [1.82, 2.24) is 19.3 Å². The number of nitrogens with zero attached hydrogens (tertiary/aromatic N) is 4. The first-order chi connectivity index (χ1) is 13.0. The topological polar surface area (TPSA) is 97.0 Å². The minimum Gasteiger partial charge on any atom is -0.488 e. The molecule has 1 amide bonds. The third kappa shape index (κ3) is 3.10. The number of hydrogen-bond acceptors (Lipinski definition) is 5. The molecule has 1 fully saturated rings. The zero-order valence-electron chi connectivity index (χ0n) is 14.6. The van der Waals surface area contributed by atoms with Crippen LogP contribution in [0.2, 0.25) is 0 Å². The number of ether oxygens (including phenoxy) is 1. The summed E-state index contributed by atoms with van der Waals surface area (Å²) >= 11 is 0. The summed E-state index contributed by atoms with van der Waals surface area (Å²) in [7, 11) is 0. The molecule has 3 aromatic rings. The van der Waals surface area contributed by atoms with Crippen LogP contribution in [0.25, 0.3) is 5.52 Å². The Kier molecular flexibility index (Phi) is 4.23. The Labute approximate surface area is 155 Å². The van der Waals surface area contributed by atoms with E-state index in [0.29, 0.717) is 17.1 Å². The number of aliphatic carboxylic acids is 1. The second-order valence-electron chi connectivity index (χ2n) is 6.43. The first-order valence-electron chi connectivity index (χ1n) is 8.58. The summed E-state index contributed by atoms with van der Waals surface area (Å²) in [4.78, 5) is 34.5. The van der Waals surface area contributed by atoms with Crippen molar-refractivity contribution in [3.63, 3.8) is 0 Å². The Balaban J connectivity index is 1.62. The quantitative estimate of drug-likeness (QED) is 0.756. The molecular weight excluding hydrogens is 348 g/mol. The minimum atomic E-state index is -1.05. The van der Waals surface area contributed by atoms with E-state index < -0.39 is 24.0 Å². The van der Waals surface area contributed by atoms with E-state index in [1.54, 1.807) is 37.5 Å². The third-order valence-electron chi connectivity index (χ3n) is 4.69. The maximum absolute atomic E-state index is 13.1. The Morgan fingerprint density at radius 3 is 2.74 bits per heavy atom. The highest BCUT2D eigenvalue weighted by Gasteiger charge is 2.42. The van der Waals surface area contributed by atoms with Crippen molar-refractivity contribution < 1.29 is 19.4 Å². The lowest BCUT2D eigenvalue weighted by Crippen LogP contribution is -2.41. The number of aromatic nitrogens is 3. The van der Waals surface area contributed by atoms with Crippen LogP contribution in [0.1, 0.15) is 22.7 Å². The molecule has 3 aromatic heterocycles. The van der Waals surface area contributed by atoms with Gasteiger partial charge < -0.3 is 19.1 Å². The van der Waals surface area contributed by atoms with Gasteiger partial charge in [0.2, 0.25) is 0 Å². The number of fused-ring (bicyclic) bond motifs is 1. The van der Waals surface area contributed by atoms with Gasteiger partial charge in [-0.2, -0.15) is 0 Å². The van der Waals surface area contributed by atoms with E-state index in [9.17, 15) is 14.7 Å². The zero-order valence-corrected chi connectivity index (χ0v) is 14.6. The number of amides is 1. The van der Waals surface area contributed by atoms with E-state index in [-0.39, 0.29) is 18.7 Å². The molecule has 0 unspecified atom stereocenters. The molecule has 8 nitrogen and oxygen atoms in total. The molecule has 2 atom stereocenters. The van der Waals surface area contributed by atoms with E-state index >= 15 is 0 Å². The van der Waals surface area contributed by atoms with Gasteiger partial charge in [0.25, 0.3) is 5.91 Å². The molecule has 27 heavy (non-hydrogen) atoms. The Morgan fingerprint density at radius 2 is 2.00 bits per heavy atom. The molecule has 1 aliphatic heterocycles. The summed E-state index contributed by atoms with van der Waals surface area (Å²) in [5.41, 5.74) is 0.909. The van der Waals surface area contributed by atoms with Crippen LogP contribution >= 0.6 is 0 Å². The number of imidazole rings is 1. The molecule has 1 aliphatic rings. The molecule has 0 radical (unpaired) electrons. The van der Waals surface area contributed by atoms with Gasteiger partial charge in [-0.05, 0) is 31.2 Å². The van der Waals surface area contributed by atoms with E-state index in [1.807, 2.05) is 22.7 Å². The van der Waals surface area contributed by atoms with Gasteiger partial charge >= 0.3 is 5.97 Å². The summed E-state index contributed by atoms with van der Waals surface area (Å²) in [5, 5.41) is 9.60. The lowest BCUT2D eigenvalue weighted by atomic mass is 10.2. The second-order valence-corrected chi connectivity index (χ2v) is 6.43. The summed E-state index contributed by atoms with van der Waals surface area (Å²) in [6.45, 7) is 1.99. The molecule has 8 heteroatoms. The molecule has 1 saturated heterocycles. The summed E-state index contributed by atoms with van der Waals surface area (Å²) in [6.07, 6.45) is 4.83. The first-order valence-corrected chi connectivity index (χ1v) is 8.58. The van der Waals surface area contributed by atoms with Gasteiger partial charge in [0.15, 0.2) is 5.69 Å². The molecule has 0 spiro atoms. The lowest BCUT2D eigenvalue weighted by molar-refractivity contribution is -0.141. The number of carbonyl (C=O) groups excluding carboxylic acids is 1. The van der Waals surface area contributed by atoms with E-state index in [2.05, 4.69) is 9.97 Å². The summed E-state index contributed by atoms with van der Waals surface area (Å²) < 4.78 is 7.65. The average Bonchev–Trinajstić information content (AvgIpc) is 3.24. The lowest BCUT2D eigenvalue weighted by Gasteiger charge is -2.20. The van der Waals surface area contributed by atoms with E-state index in [4.69, 9.17) is 4.74 Å². The Hall–Kier alpha value is -3.42. The minimum absolute atomic E-state index is 0.184. The van der Waals surface area contributed by atoms with Gasteiger partial charge in [0.05, 0.1) is 12.1 Å². The highest BCUT2D eigenvalue weighted by Crippen LogP contribution is 2.26. The van der Waals surface area contributed by atoms with Gasteiger partial charge in [-0.25, -0.2) is 9.78 Å². The number of carbonyl (C=O) groups is 2.